The monoisotopic (exact) mass is 263 g/mol. The lowest BCUT2D eigenvalue weighted by Gasteiger charge is -2.29. The van der Waals surface area contributed by atoms with E-state index in [1.807, 2.05) is 39.0 Å². The van der Waals surface area contributed by atoms with Gasteiger partial charge in [-0.1, -0.05) is 6.07 Å². The molecule has 1 aliphatic rings. The summed E-state index contributed by atoms with van der Waals surface area (Å²) in [5.41, 5.74) is 1.50. The molecule has 1 N–H and O–H groups in total. The van der Waals surface area contributed by atoms with Gasteiger partial charge < -0.3 is 14.8 Å². The van der Waals surface area contributed by atoms with Gasteiger partial charge in [0.1, 0.15) is 11.4 Å². The molecule has 0 amide bonds. The second kappa shape index (κ2) is 5.11. The SMILES string of the molecule is COc1ccc2c(c1)NCCC2C(=O)OC(C)(C)C. The van der Waals surface area contributed by atoms with Gasteiger partial charge in [-0.2, -0.15) is 0 Å². The van der Waals surface area contributed by atoms with E-state index < -0.39 is 5.60 Å². The number of hydrogen-bond acceptors (Lipinski definition) is 4. The molecule has 1 heterocycles. The van der Waals surface area contributed by atoms with Gasteiger partial charge in [0.25, 0.3) is 0 Å². The van der Waals surface area contributed by atoms with Gasteiger partial charge in [-0.15, -0.1) is 0 Å². The second-order valence-electron chi connectivity index (χ2n) is 5.75. The zero-order chi connectivity index (χ0) is 14.0. The average molecular weight is 263 g/mol. The summed E-state index contributed by atoms with van der Waals surface area (Å²) in [5, 5.41) is 3.30. The topological polar surface area (TPSA) is 47.6 Å². The molecule has 4 nitrogen and oxygen atoms in total. The summed E-state index contributed by atoms with van der Waals surface area (Å²) < 4.78 is 10.7. The minimum absolute atomic E-state index is 0.152. The van der Waals surface area contributed by atoms with E-state index in [2.05, 4.69) is 5.32 Å². The Hall–Kier alpha value is -1.71. The molecule has 0 aromatic heterocycles. The summed E-state index contributed by atoms with van der Waals surface area (Å²) in [7, 11) is 1.63. The molecule has 1 aromatic rings. The van der Waals surface area contributed by atoms with E-state index in [0.29, 0.717) is 0 Å². The van der Waals surface area contributed by atoms with E-state index in [4.69, 9.17) is 9.47 Å². The molecule has 0 spiro atoms. The minimum Gasteiger partial charge on any atom is -0.497 e. The first-order valence-electron chi connectivity index (χ1n) is 6.55. The van der Waals surface area contributed by atoms with Crippen molar-refractivity contribution in [3.8, 4) is 5.75 Å². The Kier molecular flexibility index (Phi) is 3.69. The van der Waals surface area contributed by atoms with Gasteiger partial charge >= 0.3 is 5.97 Å². The molecule has 19 heavy (non-hydrogen) atoms. The predicted octanol–water partition coefficient (Wildman–Crippen LogP) is 2.94. The van der Waals surface area contributed by atoms with Crippen molar-refractivity contribution in [3.05, 3.63) is 23.8 Å². The van der Waals surface area contributed by atoms with Crippen LogP contribution in [0, 0.1) is 0 Å². The van der Waals surface area contributed by atoms with Crippen molar-refractivity contribution in [3.63, 3.8) is 0 Å². The first-order valence-corrected chi connectivity index (χ1v) is 6.55. The quantitative estimate of drug-likeness (QED) is 0.833. The molecule has 1 atom stereocenters. The van der Waals surface area contributed by atoms with Crippen LogP contribution in [0.25, 0.3) is 0 Å². The standard InChI is InChI=1S/C15H21NO3/c1-15(2,3)19-14(17)12-7-8-16-13-9-10(18-4)5-6-11(12)13/h5-6,9,12,16H,7-8H2,1-4H3. The van der Waals surface area contributed by atoms with Gasteiger partial charge in [0.15, 0.2) is 0 Å². The highest BCUT2D eigenvalue weighted by Gasteiger charge is 2.30. The highest BCUT2D eigenvalue weighted by atomic mass is 16.6. The summed E-state index contributed by atoms with van der Waals surface area (Å²) in [4.78, 5) is 12.2. The number of anilines is 1. The first-order chi connectivity index (χ1) is 8.90. The Morgan fingerprint density at radius 1 is 1.37 bits per heavy atom. The average Bonchev–Trinajstić information content (AvgIpc) is 2.35. The van der Waals surface area contributed by atoms with Crippen molar-refractivity contribution in [1.82, 2.24) is 0 Å². The molecule has 1 unspecified atom stereocenters. The van der Waals surface area contributed by atoms with Gasteiger partial charge in [0.05, 0.1) is 13.0 Å². The third-order valence-electron chi connectivity index (χ3n) is 3.08. The number of fused-ring (bicyclic) bond motifs is 1. The molecule has 2 rings (SSSR count). The molecule has 0 fully saturated rings. The fourth-order valence-electron chi connectivity index (χ4n) is 2.24. The lowest BCUT2D eigenvalue weighted by atomic mass is 9.90. The lowest BCUT2D eigenvalue weighted by Crippen LogP contribution is -2.31. The van der Waals surface area contributed by atoms with Gasteiger partial charge in [-0.05, 0) is 38.8 Å². The van der Waals surface area contributed by atoms with Crippen molar-refractivity contribution in [1.29, 1.82) is 0 Å². The van der Waals surface area contributed by atoms with Crippen LogP contribution in [-0.4, -0.2) is 25.2 Å². The van der Waals surface area contributed by atoms with Crippen LogP contribution in [0.1, 0.15) is 38.7 Å². The van der Waals surface area contributed by atoms with Gasteiger partial charge in [-0.3, -0.25) is 4.79 Å². The number of carbonyl (C=O) groups excluding carboxylic acids is 1. The maximum Gasteiger partial charge on any atom is 0.314 e. The maximum absolute atomic E-state index is 12.2. The molecule has 0 bridgehead atoms. The third kappa shape index (κ3) is 3.19. The Bertz CT molecular complexity index is 477. The zero-order valence-electron chi connectivity index (χ0n) is 11.9. The predicted molar refractivity (Wildman–Crippen MR) is 74.7 cm³/mol. The number of ether oxygens (including phenoxy) is 2. The van der Waals surface area contributed by atoms with E-state index in [0.717, 1.165) is 30.0 Å². The second-order valence-corrected chi connectivity index (χ2v) is 5.75. The van der Waals surface area contributed by atoms with Crippen LogP contribution in [0.4, 0.5) is 5.69 Å². The minimum atomic E-state index is -0.450. The molecule has 0 saturated heterocycles. The smallest absolute Gasteiger partial charge is 0.314 e. The Balaban J connectivity index is 2.25. The molecule has 0 radical (unpaired) electrons. The van der Waals surface area contributed by atoms with Crippen LogP contribution in [0.2, 0.25) is 0 Å². The van der Waals surface area contributed by atoms with Crippen molar-refractivity contribution in [2.75, 3.05) is 19.0 Å². The van der Waals surface area contributed by atoms with Crippen molar-refractivity contribution >= 4 is 11.7 Å². The molecular weight excluding hydrogens is 242 g/mol. The normalized spacial score (nSPS) is 18.2. The van der Waals surface area contributed by atoms with Crippen LogP contribution in [0.15, 0.2) is 18.2 Å². The van der Waals surface area contributed by atoms with Crippen LogP contribution in [0.3, 0.4) is 0 Å². The van der Waals surface area contributed by atoms with E-state index in [1.165, 1.54) is 0 Å². The Morgan fingerprint density at radius 2 is 2.11 bits per heavy atom. The van der Waals surface area contributed by atoms with E-state index >= 15 is 0 Å². The number of rotatable bonds is 2. The molecule has 0 aliphatic carbocycles. The van der Waals surface area contributed by atoms with Crippen molar-refractivity contribution in [2.45, 2.75) is 38.7 Å². The Labute approximate surface area is 114 Å². The zero-order valence-corrected chi connectivity index (χ0v) is 11.9. The summed E-state index contributed by atoms with van der Waals surface area (Å²) in [5.74, 6) is 0.442. The summed E-state index contributed by atoms with van der Waals surface area (Å²) in [6.07, 6.45) is 0.758. The van der Waals surface area contributed by atoms with Gasteiger partial charge in [0, 0.05) is 18.3 Å². The molecule has 1 aromatic carbocycles. The third-order valence-corrected chi connectivity index (χ3v) is 3.08. The highest BCUT2D eigenvalue weighted by molar-refractivity contribution is 5.82. The number of carbonyl (C=O) groups is 1. The first kappa shape index (κ1) is 13.7. The van der Waals surface area contributed by atoms with Crippen LogP contribution in [-0.2, 0) is 9.53 Å². The Morgan fingerprint density at radius 3 is 2.74 bits per heavy atom. The highest BCUT2D eigenvalue weighted by Crippen LogP contribution is 2.35. The fraction of sp³-hybridized carbons (Fsp3) is 0.533. The number of methoxy groups -OCH3 is 1. The molecule has 104 valence electrons. The number of nitrogens with one attached hydrogen (secondary N) is 1. The van der Waals surface area contributed by atoms with Gasteiger partial charge in [0.2, 0.25) is 0 Å². The van der Waals surface area contributed by atoms with E-state index in [-0.39, 0.29) is 11.9 Å². The maximum atomic E-state index is 12.2. The summed E-state index contributed by atoms with van der Waals surface area (Å²) in [6, 6.07) is 5.74. The summed E-state index contributed by atoms with van der Waals surface area (Å²) >= 11 is 0. The molecular formula is C15H21NO3. The molecule has 4 heteroatoms. The molecule has 0 saturated carbocycles. The van der Waals surface area contributed by atoms with Crippen LogP contribution >= 0.6 is 0 Å². The van der Waals surface area contributed by atoms with E-state index in [1.54, 1.807) is 7.11 Å². The van der Waals surface area contributed by atoms with Crippen molar-refractivity contribution in [2.24, 2.45) is 0 Å². The molecule has 1 aliphatic heterocycles. The van der Waals surface area contributed by atoms with Crippen LogP contribution < -0.4 is 10.1 Å². The largest absolute Gasteiger partial charge is 0.497 e. The van der Waals surface area contributed by atoms with Gasteiger partial charge in [-0.25, -0.2) is 0 Å². The lowest BCUT2D eigenvalue weighted by molar-refractivity contribution is -0.156. The van der Waals surface area contributed by atoms with E-state index in [9.17, 15) is 4.79 Å². The summed E-state index contributed by atoms with van der Waals surface area (Å²) in [6.45, 7) is 6.44. The van der Waals surface area contributed by atoms with Crippen LogP contribution in [0.5, 0.6) is 5.75 Å². The number of benzene rings is 1. The van der Waals surface area contributed by atoms with Crippen molar-refractivity contribution < 1.29 is 14.3 Å². The number of esters is 1. The number of hydrogen-bond donors (Lipinski definition) is 1. The fourth-order valence-corrected chi connectivity index (χ4v) is 2.24.